The molecule has 2 aromatic carbocycles. The number of nitrogens with one attached hydrogen (secondary N) is 2. The normalized spacial score (nSPS) is 19.7. The van der Waals surface area contributed by atoms with Crippen LogP contribution in [0.1, 0.15) is 71.9 Å². The number of aryl methyl sites for hydroxylation is 1. The molecule has 0 spiro atoms. The molecule has 2 aliphatic heterocycles. The zero-order valence-electron chi connectivity index (χ0n) is 27.8. The highest BCUT2D eigenvalue weighted by Gasteiger charge is 2.33. The van der Waals surface area contributed by atoms with Gasteiger partial charge in [-0.2, -0.15) is 4.98 Å². The van der Waals surface area contributed by atoms with Crippen molar-refractivity contribution in [2.24, 2.45) is 0 Å². The molecule has 5 rings (SSSR count). The van der Waals surface area contributed by atoms with Crippen LogP contribution in [-0.4, -0.2) is 66.0 Å². The molecule has 0 aliphatic carbocycles. The van der Waals surface area contributed by atoms with Crippen molar-refractivity contribution >= 4 is 50.2 Å². The molecule has 0 saturated carbocycles. The van der Waals surface area contributed by atoms with Gasteiger partial charge in [-0.3, -0.25) is 4.90 Å². The highest BCUT2D eigenvalue weighted by molar-refractivity contribution is 7.92. The van der Waals surface area contributed by atoms with E-state index in [1.165, 1.54) is 17.3 Å². The van der Waals surface area contributed by atoms with Gasteiger partial charge in [-0.05, 0) is 109 Å². The first kappa shape index (κ1) is 34.2. The standard InChI is InChI=1S/C35H46ClN5O4S/c1-21(2)45-32-19-28(26-17-24(6)41(25(7)18-26)27-12-14-44-15-13-27)23(5)16-31(32)39-35-37-20-29(36)34(40-35)38-30-10-8-9-11-33(30)46(42,43)22(3)4/h8-11,16-17,19-22,24-25,27H,12-15,18H2,1-7H3,(H2,37,38,39,40)/t24-,25+/m1/s1. The summed E-state index contributed by atoms with van der Waals surface area (Å²) in [5, 5.41) is 6.13. The van der Waals surface area contributed by atoms with Crippen molar-refractivity contribution in [3.63, 3.8) is 0 Å². The van der Waals surface area contributed by atoms with Crippen molar-refractivity contribution in [1.29, 1.82) is 0 Å². The molecule has 3 heterocycles. The fraction of sp³-hybridized carbons (Fsp3) is 0.486. The van der Waals surface area contributed by atoms with E-state index < -0.39 is 15.1 Å². The lowest BCUT2D eigenvalue weighted by Crippen LogP contribution is -2.50. The van der Waals surface area contributed by atoms with E-state index in [0.29, 0.717) is 35.5 Å². The van der Waals surface area contributed by atoms with Crippen LogP contribution in [0, 0.1) is 6.92 Å². The molecule has 0 amide bonds. The summed E-state index contributed by atoms with van der Waals surface area (Å²) < 4.78 is 38.0. The second-order valence-corrected chi connectivity index (χ2v) is 15.7. The van der Waals surface area contributed by atoms with Gasteiger partial charge in [-0.1, -0.05) is 29.8 Å². The number of halogens is 1. The van der Waals surface area contributed by atoms with E-state index >= 15 is 0 Å². The third-order valence-corrected chi connectivity index (χ3v) is 11.1. The van der Waals surface area contributed by atoms with E-state index in [1.54, 1.807) is 38.1 Å². The van der Waals surface area contributed by atoms with Crippen molar-refractivity contribution in [3.05, 3.63) is 64.8 Å². The van der Waals surface area contributed by atoms with Crippen molar-refractivity contribution < 1.29 is 17.9 Å². The van der Waals surface area contributed by atoms with E-state index in [0.717, 1.165) is 43.7 Å². The second kappa shape index (κ2) is 14.3. The van der Waals surface area contributed by atoms with Gasteiger partial charge in [-0.25, -0.2) is 13.4 Å². The lowest BCUT2D eigenvalue weighted by molar-refractivity contribution is 0.00901. The number of sulfone groups is 1. The second-order valence-electron chi connectivity index (χ2n) is 12.8. The molecule has 248 valence electrons. The first-order chi connectivity index (χ1) is 21.8. The van der Waals surface area contributed by atoms with E-state index in [-0.39, 0.29) is 21.8 Å². The SMILES string of the molecule is Cc1cc(Nc2ncc(Cl)c(Nc3ccccc3S(=O)(=O)C(C)C)n2)c(OC(C)C)cc1C1=C[C@@H](C)N(C2CCOCC2)[C@@H](C)C1. The summed E-state index contributed by atoms with van der Waals surface area (Å²) >= 11 is 6.49. The van der Waals surface area contributed by atoms with Gasteiger partial charge in [0.25, 0.3) is 0 Å². The first-order valence-corrected chi connectivity index (χ1v) is 18.0. The third-order valence-electron chi connectivity index (χ3n) is 8.64. The molecule has 0 radical (unpaired) electrons. The van der Waals surface area contributed by atoms with E-state index in [4.69, 9.17) is 21.1 Å². The summed E-state index contributed by atoms with van der Waals surface area (Å²) in [6.07, 6.45) is 6.96. The molecule has 2 atom stereocenters. The Morgan fingerprint density at radius 3 is 2.43 bits per heavy atom. The maximum Gasteiger partial charge on any atom is 0.229 e. The summed E-state index contributed by atoms with van der Waals surface area (Å²) in [6.45, 7) is 15.7. The first-order valence-electron chi connectivity index (χ1n) is 16.1. The van der Waals surface area contributed by atoms with Crippen LogP contribution in [0.15, 0.2) is 53.6 Å². The van der Waals surface area contributed by atoms with Gasteiger partial charge in [-0.15, -0.1) is 0 Å². The molecule has 0 unspecified atom stereocenters. The van der Waals surface area contributed by atoms with Gasteiger partial charge in [0.05, 0.1) is 33.8 Å². The number of hydrogen-bond donors (Lipinski definition) is 2. The molecule has 0 bridgehead atoms. The number of benzene rings is 2. The fourth-order valence-corrected chi connectivity index (χ4v) is 7.80. The minimum absolute atomic E-state index is 0.0546. The minimum Gasteiger partial charge on any atom is -0.489 e. The Labute approximate surface area is 278 Å². The van der Waals surface area contributed by atoms with Crippen LogP contribution in [0.25, 0.3) is 5.57 Å². The fourth-order valence-electron chi connectivity index (χ4n) is 6.46. The molecule has 9 nitrogen and oxygen atoms in total. The summed E-state index contributed by atoms with van der Waals surface area (Å²) in [5.74, 6) is 1.28. The van der Waals surface area contributed by atoms with E-state index in [9.17, 15) is 8.42 Å². The van der Waals surface area contributed by atoms with Crippen molar-refractivity contribution in [2.45, 2.75) is 102 Å². The van der Waals surface area contributed by atoms with Gasteiger partial charge in [0.15, 0.2) is 15.7 Å². The lowest BCUT2D eigenvalue weighted by Gasteiger charge is -2.45. The molecular weight excluding hydrogens is 622 g/mol. The van der Waals surface area contributed by atoms with Gasteiger partial charge >= 0.3 is 0 Å². The van der Waals surface area contributed by atoms with Crippen molar-refractivity contribution in [1.82, 2.24) is 14.9 Å². The molecule has 11 heteroatoms. The highest BCUT2D eigenvalue weighted by atomic mass is 35.5. The highest BCUT2D eigenvalue weighted by Crippen LogP contribution is 2.39. The van der Waals surface area contributed by atoms with E-state index in [2.05, 4.69) is 64.5 Å². The van der Waals surface area contributed by atoms with Crippen LogP contribution in [0.3, 0.4) is 0 Å². The average Bonchev–Trinajstić information content (AvgIpc) is 3.00. The monoisotopic (exact) mass is 667 g/mol. The zero-order chi connectivity index (χ0) is 33.2. The van der Waals surface area contributed by atoms with Crippen LogP contribution < -0.4 is 15.4 Å². The number of hydrogen-bond acceptors (Lipinski definition) is 9. The van der Waals surface area contributed by atoms with Gasteiger partial charge in [0, 0.05) is 31.3 Å². The summed E-state index contributed by atoms with van der Waals surface area (Å²) in [5.41, 5.74) is 4.74. The molecule has 2 aliphatic rings. The summed E-state index contributed by atoms with van der Waals surface area (Å²) in [4.78, 5) is 11.9. The number of para-hydroxylation sites is 1. The largest absolute Gasteiger partial charge is 0.489 e. The predicted octanol–water partition coefficient (Wildman–Crippen LogP) is 7.94. The average molecular weight is 668 g/mol. The number of nitrogens with zero attached hydrogens (tertiary/aromatic N) is 3. The zero-order valence-corrected chi connectivity index (χ0v) is 29.4. The van der Waals surface area contributed by atoms with Crippen LogP contribution in [-0.2, 0) is 14.6 Å². The molecule has 2 N–H and O–H groups in total. The van der Waals surface area contributed by atoms with Crippen LogP contribution >= 0.6 is 11.6 Å². The Bertz CT molecular complexity index is 1690. The number of rotatable bonds is 10. The quantitative estimate of drug-likeness (QED) is 0.223. The smallest absolute Gasteiger partial charge is 0.229 e. The van der Waals surface area contributed by atoms with Crippen molar-refractivity contribution in [3.8, 4) is 5.75 Å². The third kappa shape index (κ3) is 7.51. The predicted molar refractivity (Wildman–Crippen MR) is 187 cm³/mol. The number of aromatic nitrogens is 2. The Balaban J connectivity index is 1.44. The van der Waals surface area contributed by atoms with Gasteiger partial charge in [0.1, 0.15) is 10.8 Å². The summed E-state index contributed by atoms with van der Waals surface area (Å²) in [6, 6.07) is 12.2. The molecule has 1 aromatic heterocycles. The Morgan fingerprint density at radius 1 is 1.04 bits per heavy atom. The summed E-state index contributed by atoms with van der Waals surface area (Å²) in [7, 11) is -3.54. The Hall–Kier alpha value is -3.18. The lowest BCUT2D eigenvalue weighted by atomic mass is 9.87. The maximum atomic E-state index is 13.0. The Morgan fingerprint density at radius 2 is 1.76 bits per heavy atom. The van der Waals surface area contributed by atoms with Gasteiger partial charge < -0.3 is 20.1 Å². The molecular formula is C35H46ClN5O4S. The topological polar surface area (TPSA) is 106 Å². The van der Waals surface area contributed by atoms with Crippen LogP contribution in [0.5, 0.6) is 5.75 Å². The molecule has 3 aromatic rings. The molecule has 46 heavy (non-hydrogen) atoms. The van der Waals surface area contributed by atoms with Gasteiger partial charge in [0.2, 0.25) is 5.95 Å². The van der Waals surface area contributed by atoms with Crippen LogP contribution in [0.4, 0.5) is 23.1 Å². The number of anilines is 4. The number of ether oxygens (including phenoxy) is 2. The molecule has 1 fully saturated rings. The van der Waals surface area contributed by atoms with Crippen molar-refractivity contribution in [2.75, 3.05) is 23.8 Å². The maximum absolute atomic E-state index is 13.0. The Kier molecular flexibility index (Phi) is 10.6. The van der Waals surface area contributed by atoms with E-state index in [1.807, 2.05) is 13.8 Å². The van der Waals surface area contributed by atoms with Crippen LogP contribution in [0.2, 0.25) is 5.02 Å². The molecule has 1 saturated heterocycles. The minimum atomic E-state index is -3.54.